The van der Waals surface area contributed by atoms with Gasteiger partial charge in [-0.1, -0.05) is 41.4 Å². The number of carbonyl (C=O) groups excluding carboxylic acids is 3. The average Bonchev–Trinajstić information content (AvgIpc) is 3.10. The van der Waals surface area contributed by atoms with Gasteiger partial charge in [-0.2, -0.15) is 0 Å². The Morgan fingerprint density at radius 1 is 0.917 bits per heavy atom. The zero-order chi connectivity index (χ0) is 25.7. The van der Waals surface area contributed by atoms with E-state index in [4.69, 9.17) is 27.9 Å². The minimum absolute atomic E-state index is 0.111. The lowest BCUT2D eigenvalue weighted by atomic mass is 9.86. The van der Waals surface area contributed by atoms with E-state index in [9.17, 15) is 24.5 Å². The van der Waals surface area contributed by atoms with Crippen LogP contribution in [-0.2, 0) is 4.79 Å². The van der Waals surface area contributed by atoms with Crippen LogP contribution in [0, 0.1) is 10.1 Å². The second-order valence-corrected chi connectivity index (χ2v) is 8.95. The standard InChI is InChI=1S/C25H17Cl2N3O6/c1-2-36-15-9-6-13(7-10-15)21-22(25(33)28(21)14-8-11-17(26)18(27)12-14)29-23(31)16-4-3-5-19(30(34)35)20(16)24(29)32/h3-12,21-22H,2H2,1H3/t21-,22+/m1/s1. The van der Waals surface area contributed by atoms with E-state index in [1.165, 1.54) is 23.1 Å². The Labute approximate surface area is 214 Å². The maximum absolute atomic E-state index is 13.5. The summed E-state index contributed by atoms with van der Waals surface area (Å²) in [5.74, 6) is -1.57. The molecule has 3 aromatic carbocycles. The number of benzene rings is 3. The number of anilines is 1. The van der Waals surface area contributed by atoms with Crippen molar-refractivity contribution in [3.63, 3.8) is 0 Å². The highest BCUT2D eigenvalue weighted by Crippen LogP contribution is 2.46. The molecule has 9 nitrogen and oxygen atoms in total. The number of hydrogen-bond donors (Lipinski definition) is 0. The van der Waals surface area contributed by atoms with E-state index in [1.54, 1.807) is 36.4 Å². The summed E-state index contributed by atoms with van der Waals surface area (Å²) in [6.07, 6.45) is 0. The molecule has 182 valence electrons. The normalized spacial score (nSPS) is 18.8. The van der Waals surface area contributed by atoms with Crippen molar-refractivity contribution >= 4 is 52.3 Å². The lowest BCUT2D eigenvalue weighted by molar-refractivity contribution is -0.385. The Hall–Kier alpha value is -3.95. The van der Waals surface area contributed by atoms with Gasteiger partial charge in [0.2, 0.25) is 0 Å². The van der Waals surface area contributed by atoms with Crippen LogP contribution in [0.5, 0.6) is 5.75 Å². The van der Waals surface area contributed by atoms with E-state index < -0.39 is 40.4 Å². The molecule has 2 aliphatic rings. The van der Waals surface area contributed by atoms with Crippen molar-refractivity contribution in [3.8, 4) is 5.75 Å². The van der Waals surface area contributed by atoms with E-state index in [2.05, 4.69) is 0 Å². The van der Waals surface area contributed by atoms with E-state index >= 15 is 0 Å². The van der Waals surface area contributed by atoms with E-state index in [0.29, 0.717) is 28.6 Å². The predicted molar refractivity (Wildman–Crippen MR) is 132 cm³/mol. The van der Waals surface area contributed by atoms with Crippen LogP contribution in [0.25, 0.3) is 0 Å². The van der Waals surface area contributed by atoms with Gasteiger partial charge in [-0.25, -0.2) is 0 Å². The third kappa shape index (κ3) is 3.59. The van der Waals surface area contributed by atoms with Crippen LogP contribution >= 0.6 is 23.2 Å². The monoisotopic (exact) mass is 525 g/mol. The lowest BCUT2D eigenvalue weighted by Crippen LogP contribution is -2.67. The van der Waals surface area contributed by atoms with Gasteiger partial charge in [-0.3, -0.25) is 29.4 Å². The summed E-state index contributed by atoms with van der Waals surface area (Å²) in [5.41, 5.74) is 0.130. The number of fused-ring (bicyclic) bond motifs is 1. The first-order chi connectivity index (χ1) is 17.2. The Kier molecular flexibility index (Phi) is 5.89. The maximum Gasteiger partial charge on any atom is 0.282 e. The van der Waals surface area contributed by atoms with E-state index in [0.717, 1.165) is 11.0 Å². The van der Waals surface area contributed by atoms with Crippen molar-refractivity contribution in [2.75, 3.05) is 11.5 Å². The van der Waals surface area contributed by atoms with Crippen molar-refractivity contribution in [2.45, 2.75) is 19.0 Å². The van der Waals surface area contributed by atoms with Crippen molar-refractivity contribution in [2.24, 2.45) is 0 Å². The third-order valence-electron chi connectivity index (χ3n) is 6.18. The molecule has 3 amide bonds. The fraction of sp³-hybridized carbons (Fsp3) is 0.160. The zero-order valence-electron chi connectivity index (χ0n) is 18.7. The van der Waals surface area contributed by atoms with Crippen LogP contribution in [0.3, 0.4) is 0 Å². The molecule has 0 bridgehead atoms. The largest absolute Gasteiger partial charge is 0.494 e. The predicted octanol–water partition coefficient (Wildman–Crippen LogP) is 5.05. The van der Waals surface area contributed by atoms with Gasteiger partial charge in [0.25, 0.3) is 23.4 Å². The molecule has 11 heteroatoms. The Morgan fingerprint density at radius 3 is 2.28 bits per heavy atom. The number of nitrogens with zero attached hydrogens (tertiary/aromatic N) is 3. The molecule has 0 spiro atoms. The van der Waals surface area contributed by atoms with Gasteiger partial charge in [-0.05, 0) is 48.9 Å². The van der Waals surface area contributed by atoms with Gasteiger partial charge in [0.15, 0.2) is 0 Å². The summed E-state index contributed by atoms with van der Waals surface area (Å²) < 4.78 is 5.50. The molecule has 0 aliphatic carbocycles. The summed E-state index contributed by atoms with van der Waals surface area (Å²) in [6, 6.07) is 13.4. The van der Waals surface area contributed by atoms with Gasteiger partial charge in [-0.15, -0.1) is 0 Å². The Balaban J connectivity index is 1.59. The molecule has 5 rings (SSSR count). The molecule has 0 unspecified atom stereocenters. The maximum atomic E-state index is 13.5. The first-order valence-electron chi connectivity index (χ1n) is 10.9. The van der Waals surface area contributed by atoms with Crippen LogP contribution in [-0.4, -0.2) is 40.2 Å². The minimum Gasteiger partial charge on any atom is -0.494 e. The molecule has 0 radical (unpaired) electrons. The molecule has 0 N–H and O–H groups in total. The summed E-state index contributed by atoms with van der Waals surface area (Å²) in [5, 5.41) is 12.0. The second-order valence-electron chi connectivity index (χ2n) is 8.14. The van der Waals surface area contributed by atoms with Crippen LogP contribution in [0.4, 0.5) is 11.4 Å². The summed E-state index contributed by atoms with van der Waals surface area (Å²) in [7, 11) is 0. The molecule has 0 aromatic heterocycles. The number of rotatable bonds is 6. The number of β-lactam (4-membered cyclic amide) rings is 1. The summed E-state index contributed by atoms with van der Waals surface area (Å²) in [4.78, 5) is 53.1. The molecule has 2 atom stereocenters. The van der Waals surface area contributed by atoms with Crippen LogP contribution in [0.15, 0.2) is 60.7 Å². The highest BCUT2D eigenvalue weighted by atomic mass is 35.5. The second kappa shape index (κ2) is 8.92. The van der Waals surface area contributed by atoms with Crippen molar-refractivity contribution in [1.82, 2.24) is 4.90 Å². The number of carbonyl (C=O) groups is 3. The van der Waals surface area contributed by atoms with Crippen LogP contribution in [0.1, 0.15) is 39.2 Å². The SMILES string of the molecule is CCOc1ccc([C@@H]2[C@H](N3C(=O)c4cccc([N+](=O)[O-])c4C3=O)C(=O)N2c2ccc(Cl)c(Cl)c2)cc1. The van der Waals surface area contributed by atoms with Crippen molar-refractivity contribution < 1.29 is 24.0 Å². The van der Waals surface area contributed by atoms with Gasteiger partial charge in [0, 0.05) is 11.8 Å². The Bertz CT molecular complexity index is 1440. The topological polar surface area (TPSA) is 110 Å². The quantitative estimate of drug-likeness (QED) is 0.192. The first kappa shape index (κ1) is 23.8. The average molecular weight is 526 g/mol. The fourth-order valence-corrected chi connectivity index (χ4v) is 4.89. The number of hydrogen-bond acceptors (Lipinski definition) is 6. The fourth-order valence-electron chi connectivity index (χ4n) is 4.60. The molecule has 2 heterocycles. The smallest absolute Gasteiger partial charge is 0.282 e. The van der Waals surface area contributed by atoms with Gasteiger partial charge >= 0.3 is 0 Å². The van der Waals surface area contributed by atoms with Gasteiger partial charge < -0.3 is 9.64 Å². The lowest BCUT2D eigenvalue weighted by Gasteiger charge is -2.49. The van der Waals surface area contributed by atoms with Gasteiger partial charge in [0.1, 0.15) is 17.4 Å². The van der Waals surface area contributed by atoms with Crippen molar-refractivity contribution in [3.05, 3.63) is 97.5 Å². The number of halogens is 2. The van der Waals surface area contributed by atoms with Crippen LogP contribution < -0.4 is 9.64 Å². The number of nitro benzene ring substituents is 1. The highest BCUT2D eigenvalue weighted by molar-refractivity contribution is 6.42. The highest BCUT2D eigenvalue weighted by Gasteiger charge is 2.58. The van der Waals surface area contributed by atoms with Gasteiger partial charge in [0.05, 0.1) is 33.2 Å². The number of nitro groups is 1. The Morgan fingerprint density at radius 2 is 1.64 bits per heavy atom. The molecular weight excluding hydrogens is 509 g/mol. The number of amides is 3. The third-order valence-corrected chi connectivity index (χ3v) is 6.92. The molecule has 1 saturated heterocycles. The summed E-state index contributed by atoms with van der Waals surface area (Å²) >= 11 is 12.2. The number of imide groups is 1. The number of ether oxygens (including phenoxy) is 1. The minimum atomic E-state index is -1.22. The van der Waals surface area contributed by atoms with E-state index in [1.807, 2.05) is 6.92 Å². The van der Waals surface area contributed by atoms with E-state index in [-0.39, 0.29) is 16.1 Å². The molecule has 36 heavy (non-hydrogen) atoms. The molecule has 1 fully saturated rings. The molecule has 3 aromatic rings. The van der Waals surface area contributed by atoms with Crippen molar-refractivity contribution in [1.29, 1.82) is 0 Å². The zero-order valence-corrected chi connectivity index (χ0v) is 20.2. The molecular formula is C25H17Cl2N3O6. The van der Waals surface area contributed by atoms with Crippen LogP contribution in [0.2, 0.25) is 10.0 Å². The first-order valence-corrected chi connectivity index (χ1v) is 11.7. The summed E-state index contributed by atoms with van der Waals surface area (Å²) in [6.45, 7) is 2.31. The molecule has 2 aliphatic heterocycles. The molecule has 0 saturated carbocycles.